The fourth-order valence-corrected chi connectivity index (χ4v) is 1.42. The summed E-state index contributed by atoms with van der Waals surface area (Å²) in [6, 6.07) is 9.68. The third kappa shape index (κ3) is 2.28. The SMILES string of the molecule is C[C@@H](NC(=O)c1cnco1)c1ccccc1. The summed E-state index contributed by atoms with van der Waals surface area (Å²) >= 11 is 0. The van der Waals surface area contributed by atoms with Gasteiger partial charge in [-0.25, -0.2) is 4.98 Å². The van der Waals surface area contributed by atoms with E-state index in [2.05, 4.69) is 10.3 Å². The zero-order valence-electron chi connectivity index (χ0n) is 8.88. The molecule has 0 spiro atoms. The molecule has 2 rings (SSSR count). The Labute approximate surface area is 93.3 Å². The monoisotopic (exact) mass is 216 g/mol. The van der Waals surface area contributed by atoms with Gasteiger partial charge in [0, 0.05) is 0 Å². The molecule has 1 aromatic carbocycles. The van der Waals surface area contributed by atoms with E-state index in [0.29, 0.717) is 0 Å². The molecule has 1 N–H and O–H groups in total. The molecule has 2 aromatic rings. The van der Waals surface area contributed by atoms with Crippen molar-refractivity contribution < 1.29 is 9.21 Å². The number of nitrogens with one attached hydrogen (secondary N) is 1. The highest BCUT2D eigenvalue weighted by Gasteiger charge is 2.13. The predicted octanol–water partition coefficient (Wildman–Crippen LogP) is 2.17. The second-order valence-corrected chi connectivity index (χ2v) is 3.47. The summed E-state index contributed by atoms with van der Waals surface area (Å²) in [5.41, 5.74) is 1.05. The number of benzene rings is 1. The van der Waals surface area contributed by atoms with Crippen LogP contribution in [0.4, 0.5) is 0 Å². The maximum Gasteiger partial charge on any atom is 0.289 e. The Morgan fingerprint density at radius 3 is 2.75 bits per heavy atom. The van der Waals surface area contributed by atoms with Gasteiger partial charge in [0.1, 0.15) is 0 Å². The van der Waals surface area contributed by atoms with E-state index < -0.39 is 0 Å². The fourth-order valence-electron chi connectivity index (χ4n) is 1.42. The largest absolute Gasteiger partial charge is 0.438 e. The molecule has 1 aromatic heterocycles. The standard InChI is InChI=1S/C12H12N2O2/c1-9(10-5-3-2-4-6-10)14-12(15)11-7-13-8-16-11/h2-9H,1H3,(H,14,15)/t9-/m1/s1. The Kier molecular flexibility index (Phi) is 3.00. The molecule has 1 amide bonds. The lowest BCUT2D eigenvalue weighted by Gasteiger charge is -2.12. The first-order valence-corrected chi connectivity index (χ1v) is 5.01. The summed E-state index contributed by atoms with van der Waals surface area (Å²) in [4.78, 5) is 15.3. The topological polar surface area (TPSA) is 55.1 Å². The van der Waals surface area contributed by atoms with Gasteiger partial charge < -0.3 is 9.73 Å². The van der Waals surface area contributed by atoms with Crippen LogP contribution in [0.15, 0.2) is 47.3 Å². The van der Waals surface area contributed by atoms with Crippen molar-refractivity contribution in [2.45, 2.75) is 13.0 Å². The van der Waals surface area contributed by atoms with Crippen LogP contribution in [-0.2, 0) is 0 Å². The van der Waals surface area contributed by atoms with Crippen LogP contribution in [0.25, 0.3) is 0 Å². The molecule has 0 fully saturated rings. The lowest BCUT2D eigenvalue weighted by molar-refractivity contribution is 0.0912. The maximum absolute atomic E-state index is 11.6. The summed E-state index contributed by atoms with van der Waals surface area (Å²) in [6.45, 7) is 1.92. The molecule has 0 saturated heterocycles. The van der Waals surface area contributed by atoms with Gasteiger partial charge in [-0.15, -0.1) is 0 Å². The molecule has 4 heteroatoms. The zero-order chi connectivity index (χ0) is 11.4. The Morgan fingerprint density at radius 2 is 2.12 bits per heavy atom. The van der Waals surface area contributed by atoms with Crippen LogP contribution in [0.1, 0.15) is 29.1 Å². The van der Waals surface area contributed by atoms with E-state index in [9.17, 15) is 4.79 Å². The molecular formula is C12H12N2O2. The van der Waals surface area contributed by atoms with Gasteiger partial charge in [0.2, 0.25) is 5.76 Å². The quantitative estimate of drug-likeness (QED) is 0.855. The van der Waals surface area contributed by atoms with E-state index in [0.717, 1.165) is 5.56 Å². The van der Waals surface area contributed by atoms with Crippen LogP contribution in [0.2, 0.25) is 0 Å². The van der Waals surface area contributed by atoms with Crippen molar-refractivity contribution in [3.05, 3.63) is 54.2 Å². The zero-order valence-corrected chi connectivity index (χ0v) is 8.88. The highest BCUT2D eigenvalue weighted by molar-refractivity contribution is 5.91. The van der Waals surface area contributed by atoms with Crippen LogP contribution in [0.5, 0.6) is 0 Å². The first-order chi connectivity index (χ1) is 7.77. The Bertz CT molecular complexity index is 451. The minimum atomic E-state index is -0.256. The van der Waals surface area contributed by atoms with Crippen molar-refractivity contribution in [3.63, 3.8) is 0 Å². The smallest absolute Gasteiger partial charge is 0.289 e. The summed E-state index contributed by atoms with van der Waals surface area (Å²) in [5, 5.41) is 2.83. The normalized spacial score (nSPS) is 12.1. The Morgan fingerprint density at radius 1 is 1.38 bits per heavy atom. The molecule has 0 radical (unpaired) electrons. The number of hydrogen-bond donors (Lipinski definition) is 1. The number of oxazole rings is 1. The van der Waals surface area contributed by atoms with Crippen LogP contribution in [0, 0.1) is 0 Å². The number of amides is 1. The molecule has 1 atom stereocenters. The lowest BCUT2D eigenvalue weighted by atomic mass is 10.1. The van der Waals surface area contributed by atoms with E-state index in [4.69, 9.17) is 4.42 Å². The van der Waals surface area contributed by atoms with E-state index in [1.807, 2.05) is 37.3 Å². The molecule has 0 aliphatic heterocycles. The molecule has 1 heterocycles. The number of aromatic nitrogens is 1. The second-order valence-electron chi connectivity index (χ2n) is 3.47. The lowest BCUT2D eigenvalue weighted by Crippen LogP contribution is -2.26. The van der Waals surface area contributed by atoms with Gasteiger partial charge in [0.15, 0.2) is 6.39 Å². The highest BCUT2D eigenvalue weighted by atomic mass is 16.3. The van der Waals surface area contributed by atoms with Gasteiger partial charge in [-0.1, -0.05) is 30.3 Å². The molecule has 0 aliphatic rings. The molecular weight excluding hydrogens is 204 g/mol. The molecule has 0 saturated carbocycles. The fraction of sp³-hybridized carbons (Fsp3) is 0.167. The third-order valence-corrected chi connectivity index (χ3v) is 2.30. The number of carbonyl (C=O) groups is 1. The summed E-state index contributed by atoms with van der Waals surface area (Å²) in [6.07, 6.45) is 2.63. The van der Waals surface area contributed by atoms with Crippen LogP contribution < -0.4 is 5.32 Å². The number of hydrogen-bond acceptors (Lipinski definition) is 3. The minimum absolute atomic E-state index is 0.0567. The Balaban J connectivity index is 2.03. The van der Waals surface area contributed by atoms with Crippen LogP contribution >= 0.6 is 0 Å². The number of rotatable bonds is 3. The van der Waals surface area contributed by atoms with Crippen LogP contribution in [-0.4, -0.2) is 10.9 Å². The number of nitrogens with zero attached hydrogens (tertiary/aromatic N) is 1. The van der Waals surface area contributed by atoms with Gasteiger partial charge in [0.25, 0.3) is 5.91 Å². The molecule has 82 valence electrons. The molecule has 0 unspecified atom stereocenters. The summed E-state index contributed by atoms with van der Waals surface area (Å²) < 4.78 is 4.91. The first kappa shape index (κ1) is 10.4. The van der Waals surface area contributed by atoms with Gasteiger partial charge in [-0.2, -0.15) is 0 Å². The van der Waals surface area contributed by atoms with Gasteiger partial charge in [-0.3, -0.25) is 4.79 Å². The minimum Gasteiger partial charge on any atom is -0.438 e. The Hall–Kier alpha value is -2.10. The van der Waals surface area contributed by atoms with Crippen molar-refractivity contribution in [1.82, 2.24) is 10.3 Å². The molecule has 4 nitrogen and oxygen atoms in total. The van der Waals surface area contributed by atoms with Crippen LogP contribution in [0.3, 0.4) is 0 Å². The van der Waals surface area contributed by atoms with E-state index in [1.165, 1.54) is 12.6 Å². The molecule has 16 heavy (non-hydrogen) atoms. The average molecular weight is 216 g/mol. The van der Waals surface area contributed by atoms with Crippen molar-refractivity contribution in [2.24, 2.45) is 0 Å². The average Bonchev–Trinajstić information content (AvgIpc) is 2.83. The highest BCUT2D eigenvalue weighted by Crippen LogP contribution is 2.11. The molecule has 0 bridgehead atoms. The third-order valence-electron chi connectivity index (χ3n) is 2.30. The summed E-state index contributed by atoms with van der Waals surface area (Å²) in [7, 11) is 0. The second kappa shape index (κ2) is 4.61. The van der Waals surface area contributed by atoms with Crippen molar-refractivity contribution >= 4 is 5.91 Å². The van der Waals surface area contributed by atoms with Gasteiger partial charge in [0.05, 0.1) is 12.2 Å². The van der Waals surface area contributed by atoms with Crippen molar-refractivity contribution in [3.8, 4) is 0 Å². The van der Waals surface area contributed by atoms with E-state index in [-0.39, 0.29) is 17.7 Å². The van der Waals surface area contributed by atoms with E-state index >= 15 is 0 Å². The van der Waals surface area contributed by atoms with Crippen molar-refractivity contribution in [1.29, 1.82) is 0 Å². The first-order valence-electron chi connectivity index (χ1n) is 5.01. The molecule has 0 aliphatic carbocycles. The van der Waals surface area contributed by atoms with Crippen molar-refractivity contribution in [2.75, 3.05) is 0 Å². The number of carbonyl (C=O) groups excluding carboxylic acids is 1. The van der Waals surface area contributed by atoms with E-state index in [1.54, 1.807) is 0 Å². The van der Waals surface area contributed by atoms with Gasteiger partial charge in [-0.05, 0) is 12.5 Å². The summed E-state index contributed by atoms with van der Waals surface area (Å²) in [5.74, 6) is -0.0309. The predicted molar refractivity (Wildman–Crippen MR) is 58.8 cm³/mol. The van der Waals surface area contributed by atoms with Gasteiger partial charge >= 0.3 is 0 Å². The maximum atomic E-state index is 11.6.